The van der Waals surface area contributed by atoms with Gasteiger partial charge in [-0.25, -0.2) is 4.79 Å². The number of carbonyl (C=O) groups is 1. The zero-order chi connectivity index (χ0) is 12.6. The topological polar surface area (TPSA) is 60.0 Å². The molecule has 0 atom stereocenters. The molecule has 2 heterocycles. The van der Waals surface area contributed by atoms with Gasteiger partial charge >= 0.3 is 5.97 Å². The Kier molecular flexibility index (Phi) is 2.75. The summed E-state index contributed by atoms with van der Waals surface area (Å²) in [6.45, 7) is 4.39. The minimum atomic E-state index is -0.879. The molecule has 5 nitrogen and oxygen atoms in total. The van der Waals surface area contributed by atoms with E-state index in [-0.39, 0.29) is 0 Å². The van der Waals surface area contributed by atoms with E-state index in [0.717, 1.165) is 17.0 Å². The maximum Gasteiger partial charge on any atom is 0.337 e. The number of carboxylic acid groups (broad SMARTS) is 1. The van der Waals surface area contributed by atoms with Crippen LogP contribution in [0.25, 0.3) is 0 Å². The van der Waals surface area contributed by atoms with Crippen LogP contribution in [0.4, 0.5) is 0 Å². The largest absolute Gasteiger partial charge is 0.478 e. The van der Waals surface area contributed by atoms with Crippen LogP contribution >= 0.6 is 0 Å². The van der Waals surface area contributed by atoms with Gasteiger partial charge in [0.2, 0.25) is 0 Å². The Bertz CT molecular complexity index is 566. The number of carboxylic acids is 1. The summed E-state index contributed by atoms with van der Waals surface area (Å²) >= 11 is 0. The van der Waals surface area contributed by atoms with Gasteiger partial charge in [0.1, 0.15) is 0 Å². The van der Waals surface area contributed by atoms with Crippen LogP contribution in [0.1, 0.15) is 27.3 Å². The van der Waals surface area contributed by atoms with E-state index in [0.29, 0.717) is 12.1 Å². The van der Waals surface area contributed by atoms with Crippen LogP contribution in [0.5, 0.6) is 0 Å². The summed E-state index contributed by atoms with van der Waals surface area (Å²) in [6.07, 6.45) is 3.72. The van der Waals surface area contributed by atoms with Crippen molar-refractivity contribution < 1.29 is 9.90 Å². The fourth-order valence-corrected chi connectivity index (χ4v) is 2.00. The summed E-state index contributed by atoms with van der Waals surface area (Å²) < 4.78 is 3.72. The second-order valence-corrected chi connectivity index (χ2v) is 4.20. The van der Waals surface area contributed by atoms with Crippen LogP contribution in [0, 0.1) is 13.8 Å². The molecule has 17 heavy (non-hydrogen) atoms. The standard InChI is InChI=1S/C12H15N3O2/c1-8-4-11(12(16)17)9(2)15(8)7-10-5-13-14(3)6-10/h4-6H,7H2,1-3H3,(H,16,17). The summed E-state index contributed by atoms with van der Waals surface area (Å²) in [6, 6.07) is 1.70. The lowest BCUT2D eigenvalue weighted by atomic mass is 10.2. The average Bonchev–Trinajstić information content (AvgIpc) is 2.77. The first-order valence-corrected chi connectivity index (χ1v) is 5.36. The fraction of sp³-hybridized carbons (Fsp3) is 0.333. The summed E-state index contributed by atoms with van der Waals surface area (Å²) in [5, 5.41) is 13.1. The molecular weight excluding hydrogens is 218 g/mol. The third-order valence-electron chi connectivity index (χ3n) is 2.90. The molecular formula is C12H15N3O2. The lowest BCUT2D eigenvalue weighted by Crippen LogP contribution is -2.05. The van der Waals surface area contributed by atoms with Gasteiger partial charge in [0.25, 0.3) is 0 Å². The Morgan fingerprint density at radius 1 is 1.47 bits per heavy atom. The van der Waals surface area contributed by atoms with E-state index < -0.39 is 5.97 Å². The summed E-state index contributed by atoms with van der Waals surface area (Å²) in [5.74, 6) is -0.879. The fourth-order valence-electron chi connectivity index (χ4n) is 2.00. The second kappa shape index (κ2) is 4.08. The van der Waals surface area contributed by atoms with Crippen LogP contribution in [0.2, 0.25) is 0 Å². The highest BCUT2D eigenvalue weighted by molar-refractivity contribution is 5.89. The first-order valence-electron chi connectivity index (χ1n) is 5.36. The van der Waals surface area contributed by atoms with Gasteiger partial charge in [-0.15, -0.1) is 0 Å². The number of rotatable bonds is 3. The first-order chi connectivity index (χ1) is 7.99. The molecule has 0 bridgehead atoms. The van der Waals surface area contributed by atoms with E-state index in [1.807, 2.05) is 31.7 Å². The van der Waals surface area contributed by atoms with Crippen LogP contribution in [0.15, 0.2) is 18.5 Å². The highest BCUT2D eigenvalue weighted by atomic mass is 16.4. The molecule has 0 radical (unpaired) electrons. The van der Waals surface area contributed by atoms with Crippen molar-refractivity contribution in [3.8, 4) is 0 Å². The zero-order valence-corrected chi connectivity index (χ0v) is 10.1. The van der Waals surface area contributed by atoms with E-state index in [1.54, 1.807) is 16.9 Å². The number of aromatic nitrogens is 3. The maximum atomic E-state index is 11.0. The lowest BCUT2D eigenvalue weighted by Gasteiger charge is -2.07. The van der Waals surface area contributed by atoms with E-state index in [4.69, 9.17) is 5.11 Å². The molecule has 0 aliphatic heterocycles. The Morgan fingerprint density at radius 3 is 2.65 bits per heavy atom. The van der Waals surface area contributed by atoms with Gasteiger partial charge in [-0.05, 0) is 19.9 Å². The van der Waals surface area contributed by atoms with Crippen LogP contribution < -0.4 is 0 Å². The van der Waals surface area contributed by atoms with Crippen molar-refractivity contribution in [2.24, 2.45) is 7.05 Å². The van der Waals surface area contributed by atoms with Gasteiger partial charge in [-0.1, -0.05) is 0 Å². The van der Waals surface area contributed by atoms with Gasteiger partial charge in [-0.2, -0.15) is 5.10 Å². The minimum absolute atomic E-state index is 0.367. The van der Waals surface area contributed by atoms with Gasteiger partial charge in [0, 0.05) is 30.2 Å². The molecule has 0 saturated heterocycles. The summed E-state index contributed by atoms with van der Waals surface area (Å²) in [5.41, 5.74) is 3.15. The van der Waals surface area contributed by atoms with Crippen LogP contribution in [0.3, 0.4) is 0 Å². The van der Waals surface area contributed by atoms with Crippen molar-refractivity contribution in [1.29, 1.82) is 0 Å². The average molecular weight is 233 g/mol. The number of hydrogen-bond donors (Lipinski definition) is 1. The predicted octanol–water partition coefficient (Wildman–Crippen LogP) is 1.58. The number of aryl methyl sites for hydroxylation is 2. The van der Waals surface area contributed by atoms with E-state index in [1.165, 1.54) is 0 Å². The Hall–Kier alpha value is -2.04. The SMILES string of the molecule is Cc1cc(C(=O)O)c(C)n1Cc1cnn(C)c1. The van der Waals surface area contributed by atoms with Gasteiger partial charge < -0.3 is 9.67 Å². The molecule has 5 heteroatoms. The Balaban J connectivity index is 2.36. The van der Waals surface area contributed by atoms with Crippen molar-refractivity contribution in [1.82, 2.24) is 14.3 Å². The van der Waals surface area contributed by atoms with Crippen molar-refractivity contribution in [3.05, 3.63) is 41.0 Å². The Labute approximate surface area is 99.3 Å². The Morgan fingerprint density at radius 2 is 2.18 bits per heavy atom. The molecule has 0 aliphatic carbocycles. The molecule has 0 saturated carbocycles. The van der Waals surface area contributed by atoms with E-state index >= 15 is 0 Å². The third kappa shape index (κ3) is 2.08. The number of nitrogens with zero attached hydrogens (tertiary/aromatic N) is 3. The maximum absolute atomic E-state index is 11.0. The van der Waals surface area contributed by atoms with Crippen molar-refractivity contribution in [2.75, 3.05) is 0 Å². The molecule has 1 N–H and O–H groups in total. The smallest absolute Gasteiger partial charge is 0.337 e. The van der Waals surface area contributed by atoms with Crippen molar-refractivity contribution in [3.63, 3.8) is 0 Å². The molecule has 0 unspecified atom stereocenters. The van der Waals surface area contributed by atoms with Gasteiger partial charge in [0.05, 0.1) is 18.3 Å². The second-order valence-electron chi connectivity index (χ2n) is 4.20. The highest BCUT2D eigenvalue weighted by Gasteiger charge is 2.14. The number of hydrogen-bond acceptors (Lipinski definition) is 2. The van der Waals surface area contributed by atoms with Crippen molar-refractivity contribution >= 4 is 5.97 Å². The van der Waals surface area contributed by atoms with Crippen LogP contribution in [-0.2, 0) is 13.6 Å². The molecule has 0 fully saturated rings. The quantitative estimate of drug-likeness (QED) is 0.875. The lowest BCUT2D eigenvalue weighted by molar-refractivity contribution is 0.0696. The molecule has 2 aromatic heterocycles. The highest BCUT2D eigenvalue weighted by Crippen LogP contribution is 2.16. The van der Waals surface area contributed by atoms with Crippen molar-refractivity contribution in [2.45, 2.75) is 20.4 Å². The molecule has 0 spiro atoms. The summed E-state index contributed by atoms with van der Waals surface area (Å²) in [4.78, 5) is 11.0. The van der Waals surface area contributed by atoms with E-state index in [9.17, 15) is 4.79 Å². The molecule has 2 rings (SSSR count). The molecule has 0 aromatic carbocycles. The predicted molar refractivity (Wildman–Crippen MR) is 63.2 cm³/mol. The van der Waals surface area contributed by atoms with Gasteiger partial charge in [-0.3, -0.25) is 4.68 Å². The zero-order valence-electron chi connectivity index (χ0n) is 10.1. The third-order valence-corrected chi connectivity index (χ3v) is 2.90. The molecule has 2 aromatic rings. The molecule has 0 aliphatic rings. The van der Waals surface area contributed by atoms with E-state index in [2.05, 4.69) is 5.10 Å². The van der Waals surface area contributed by atoms with Gasteiger partial charge in [0.15, 0.2) is 0 Å². The monoisotopic (exact) mass is 233 g/mol. The normalized spacial score (nSPS) is 10.8. The first kappa shape index (κ1) is 11.4. The molecule has 90 valence electrons. The molecule has 0 amide bonds. The summed E-state index contributed by atoms with van der Waals surface area (Å²) in [7, 11) is 1.86. The number of aromatic carboxylic acids is 1. The van der Waals surface area contributed by atoms with Crippen LogP contribution in [-0.4, -0.2) is 25.4 Å². The minimum Gasteiger partial charge on any atom is -0.478 e.